The first-order chi connectivity index (χ1) is 13.7. The Morgan fingerprint density at radius 3 is 1.36 bits per heavy atom. The minimum Gasteiger partial charge on any atom is -0.495 e. The second kappa shape index (κ2) is 9.82. The number of benzene rings is 3. The minimum absolute atomic E-state index is 0.961. The Bertz CT molecular complexity index is 849. The number of methoxy groups -OCH3 is 2. The van der Waals surface area contributed by atoms with E-state index in [1.54, 1.807) is 14.2 Å². The average molecular weight is 379 g/mol. The van der Waals surface area contributed by atoms with Gasteiger partial charge >= 0.3 is 0 Å². The maximum absolute atomic E-state index is 5.90. The van der Waals surface area contributed by atoms with E-state index in [-0.39, 0.29) is 0 Å². The molecular weight excluding hydrogens is 344 g/mol. The topological polar surface area (TPSA) is 18.5 Å². The van der Waals surface area contributed by atoms with Gasteiger partial charge in [0.05, 0.1) is 14.2 Å². The third-order valence-corrected chi connectivity index (χ3v) is 5.69. The van der Waals surface area contributed by atoms with Gasteiger partial charge in [0, 0.05) is 21.5 Å². The van der Waals surface area contributed by atoms with Crippen molar-refractivity contribution in [1.29, 1.82) is 0 Å². The first kappa shape index (κ1) is 20.5. The smallest absolute Gasteiger partial charge is 0.134 e. The van der Waals surface area contributed by atoms with Crippen LogP contribution in [0.15, 0.2) is 36.4 Å². The summed E-state index contributed by atoms with van der Waals surface area (Å²) in [6, 6.07) is 13.5. The summed E-state index contributed by atoms with van der Waals surface area (Å²) >= 11 is 0. The van der Waals surface area contributed by atoms with Crippen molar-refractivity contribution in [2.24, 2.45) is 0 Å². The number of ether oxygens (including phenoxy) is 2. The molecule has 0 aliphatic heterocycles. The zero-order chi connectivity index (χ0) is 19.9. The number of fused-ring (bicyclic) bond motifs is 2. The fourth-order valence-corrected chi connectivity index (χ4v) is 4.15. The van der Waals surface area contributed by atoms with Gasteiger partial charge in [-0.15, -0.1) is 0 Å². The molecule has 0 aliphatic carbocycles. The van der Waals surface area contributed by atoms with E-state index in [0.29, 0.717) is 0 Å². The van der Waals surface area contributed by atoms with Gasteiger partial charge in [-0.25, -0.2) is 0 Å². The summed E-state index contributed by atoms with van der Waals surface area (Å²) in [5.41, 5.74) is 2.74. The van der Waals surface area contributed by atoms with E-state index in [1.165, 1.54) is 49.7 Å². The van der Waals surface area contributed by atoms with E-state index in [2.05, 4.69) is 50.2 Å². The van der Waals surface area contributed by atoms with Gasteiger partial charge in [-0.05, 0) is 48.9 Å². The Kier molecular flexibility index (Phi) is 7.19. The van der Waals surface area contributed by atoms with E-state index < -0.39 is 0 Å². The molecular formula is C26H34O2. The van der Waals surface area contributed by atoms with Crippen molar-refractivity contribution in [3.05, 3.63) is 47.5 Å². The molecule has 0 spiro atoms. The highest BCUT2D eigenvalue weighted by Gasteiger charge is 2.16. The van der Waals surface area contributed by atoms with Crippen LogP contribution in [0.5, 0.6) is 11.5 Å². The molecule has 0 saturated carbocycles. The summed E-state index contributed by atoms with van der Waals surface area (Å²) in [7, 11) is 3.55. The molecule has 0 N–H and O–H groups in total. The predicted molar refractivity (Wildman–Crippen MR) is 121 cm³/mol. The van der Waals surface area contributed by atoms with Crippen LogP contribution in [0.1, 0.15) is 63.5 Å². The fourth-order valence-electron chi connectivity index (χ4n) is 4.15. The highest BCUT2D eigenvalue weighted by atomic mass is 16.5. The number of hydrogen-bond donors (Lipinski definition) is 0. The van der Waals surface area contributed by atoms with E-state index >= 15 is 0 Å². The fraction of sp³-hybridized carbons (Fsp3) is 0.462. The third kappa shape index (κ3) is 4.27. The van der Waals surface area contributed by atoms with E-state index in [4.69, 9.17) is 9.47 Å². The largest absolute Gasteiger partial charge is 0.495 e. The molecule has 0 atom stereocenters. The molecule has 2 nitrogen and oxygen atoms in total. The van der Waals surface area contributed by atoms with E-state index in [9.17, 15) is 0 Å². The lowest BCUT2D eigenvalue weighted by Crippen LogP contribution is -1.96. The summed E-state index contributed by atoms with van der Waals surface area (Å²) in [6.45, 7) is 4.49. The number of aryl methyl sites for hydroxylation is 2. The Morgan fingerprint density at radius 1 is 0.571 bits per heavy atom. The lowest BCUT2D eigenvalue weighted by Gasteiger charge is -2.17. The van der Waals surface area contributed by atoms with Gasteiger partial charge in [-0.1, -0.05) is 63.8 Å². The molecule has 0 unspecified atom stereocenters. The van der Waals surface area contributed by atoms with Gasteiger partial charge in [0.15, 0.2) is 0 Å². The van der Waals surface area contributed by atoms with Crippen LogP contribution in [-0.2, 0) is 12.8 Å². The minimum atomic E-state index is 0.961. The summed E-state index contributed by atoms with van der Waals surface area (Å²) in [5.74, 6) is 1.92. The lowest BCUT2D eigenvalue weighted by molar-refractivity contribution is 0.417. The third-order valence-electron chi connectivity index (χ3n) is 5.69. The molecule has 0 aliphatic rings. The van der Waals surface area contributed by atoms with Gasteiger partial charge in [0.25, 0.3) is 0 Å². The molecule has 0 heterocycles. The Hall–Kier alpha value is -2.22. The summed E-state index contributed by atoms with van der Waals surface area (Å²) in [6.07, 6.45) is 9.74. The van der Waals surface area contributed by atoms with Crippen LogP contribution in [0.4, 0.5) is 0 Å². The van der Waals surface area contributed by atoms with Crippen molar-refractivity contribution in [2.75, 3.05) is 14.2 Å². The molecule has 150 valence electrons. The van der Waals surface area contributed by atoms with Crippen molar-refractivity contribution in [1.82, 2.24) is 0 Å². The second-order valence-electron chi connectivity index (χ2n) is 7.74. The zero-order valence-electron chi connectivity index (χ0n) is 17.9. The number of rotatable bonds is 10. The van der Waals surface area contributed by atoms with Gasteiger partial charge in [0.1, 0.15) is 11.5 Å². The first-order valence-electron chi connectivity index (χ1n) is 10.8. The highest BCUT2D eigenvalue weighted by Crippen LogP contribution is 2.43. The van der Waals surface area contributed by atoms with Crippen LogP contribution in [-0.4, -0.2) is 14.2 Å². The highest BCUT2D eigenvalue weighted by molar-refractivity contribution is 6.11. The Morgan fingerprint density at radius 2 is 1.00 bits per heavy atom. The van der Waals surface area contributed by atoms with Crippen LogP contribution in [0.2, 0.25) is 0 Å². The normalized spacial score (nSPS) is 11.3. The summed E-state index contributed by atoms with van der Waals surface area (Å²) < 4.78 is 11.8. The van der Waals surface area contributed by atoms with Crippen molar-refractivity contribution in [3.8, 4) is 11.5 Å². The monoisotopic (exact) mass is 378 g/mol. The van der Waals surface area contributed by atoms with Crippen molar-refractivity contribution in [2.45, 2.75) is 65.2 Å². The van der Waals surface area contributed by atoms with Crippen LogP contribution in [0, 0.1) is 0 Å². The van der Waals surface area contributed by atoms with E-state index in [1.807, 2.05) is 0 Å². The molecule has 0 bridgehead atoms. The molecule has 0 saturated heterocycles. The molecule has 28 heavy (non-hydrogen) atoms. The van der Waals surface area contributed by atoms with E-state index in [0.717, 1.165) is 45.9 Å². The Labute approximate surface area is 169 Å². The van der Waals surface area contributed by atoms with Gasteiger partial charge < -0.3 is 9.47 Å². The lowest BCUT2D eigenvalue weighted by atomic mass is 9.95. The maximum Gasteiger partial charge on any atom is 0.134 e. The molecule has 3 rings (SSSR count). The van der Waals surface area contributed by atoms with Gasteiger partial charge in [0.2, 0.25) is 0 Å². The number of hydrogen-bond acceptors (Lipinski definition) is 2. The second-order valence-corrected chi connectivity index (χ2v) is 7.74. The van der Waals surface area contributed by atoms with Crippen molar-refractivity contribution in [3.63, 3.8) is 0 Å². The zero-order valence-corrected chi connectivity index (χ0v) is 17.9. The van der Waals surface area contributed by atoms with Crippen molar-refractivity contribution < 1.29 is 9.47 Å². The molecule has 3 aromatic rings. The molecule has 0 radical (unpaired) electrons. The van der Waals surface area contributed by atoms with Crippen LogP contribution >= 0.6 is 0 Å². The van der Waals surface area contributed by atoms with Crippen LogP contribution in [0.25, 0.3) is 21.5 Å². The summed E-state index contributed by atoms with van der Waals surface area (Å²) in [5, 5.41) is 4.58. The SMILES string of the molecule is CCCCCc1ccc2c(OC)c3cc(CCCCC)ccc3c(OC)c2c1. The van der Waals surface area contributed by atoms with Crippen molar-refractivity contribution >= 4 is 21.5 Å². The molecule has 0 amide bonds. The molecule has 3 aromatic carbocycles. The molecule has 0 aromatic heterocycles. The Balaban J connectivity index is 2.11. The standard InChI is InChI=1S/C26H34O2/c1-5-7-9-11-19-13-15-21-23(17-19)25(27-3)22-16-14-20(12-10-8-6-2)18-24(22)26(21)28-4/h13-18H,5-12H2,1-4H3. The number of unbranched alkanes of at least 4 members (excludes halogenated alkanes) is 4. The predicted octanol–water partition coefficient (Wildman–Crippen LogP) is 7.48. The molecule has 2 heteroatoms. The average Bonchev–Trinajstić information content (AvgIpc) is 2.72. The first-order valence-corrected chi connectivity index (χ1v) is 10.8. The quantitative estimate of drug-likeness (QED) is 0.269. The van der Waals surface area contributed by atoms with Gasteiger partial charge in [-0.2, -0.15) is 0 Å². The van der Waals surface area contributed by atoms with Crippen LogP contribution in [0.3, 0.4) is 0 Å². The van der Waals surface area contributed by atoms with Gasteiger partial charge in [-0.3, -0.25) is 0 Å². The van der Waals surface area contributed by atoms with Crippen LogP contribution < -0.4 is 9.47 Å². The summed E-state index contributed by atoms with van der Waals surface area (Å²) in [4.78, 5) is 0. The maximum atomic E-state index is 5.90. The molecule has 0 fully saturated rings.